The summed E-state index contributed by atoms with van der Waals surface area (Å²) >= 11 is 11.1. The number of sulfonamides is 1. The summed E-state index contributed by atoms with van der Waals surface area (Å²) in [5.74, 6) is 1.33. The molecule has 0 saturated heterocycles. The summed E-state index contributed by atoms with van der Waals surface area (Å²) in [6, 6.07) is 18.0. The highest BCUT2D eigenvalue weighted by molar-refractivity contribution is 7.92. The van der Waals surface area contributed by atoms with Gasteiger partial charge in [0.1, 0.15) is 0 Å². The first-order valence-electron chi connectivity index (χ1n) is 8.75. The minimum atomic E-state index is -3.72. The summed E-state index contributed by atoms with van der Waals surface area (Å²) in [6.07, 6.45) is 0. The van der Waals surface area contributed by atoms with E-state index in [2.05, 4.69) is 15.4 Å². The van der Waals surface area contributed by atoms with Gasteiger partial charge in [-0.2, -0.15) is 0 Å². The lowest BCUT2D eigenvalue weighted by atomic mass is 10.3. The summed E-state index contributed by atoms with van der Waals surface area (Å²) in [4.78, 5) is 0.123. The molecule has 1 aliphatic heterocycles. The van der Waals surface area contributed by atoms with Gasteiger partial charge in [0.25, 0.3) is 10.0 Å². The largest absolute Gasteiger partial charge is 0.454 e. The van der Waals surface area contributed by atoms with Crippen LogP contribution in [0, 0.1) is 0 Å². The maximum Gasteiger partial charge on any atom is 0.261 e. The second-order valence-corrected chi connectivity index (χ2v) is 8.81. The van der Waals surface area contributed by atoms with Crippen molar-refractivity contribution in [1.82, 2.24) is 0 Å². The molecule has 0 amide bonds. The molecule has 30 heavy (non-hydrogen) atoms. The second-order valence-electron chi connectivity index (χ2n) is 6.28. The molecule has 0 atom stereocenters. The minimum Gasteiger partial charge on any atom is -0.454 e. The number of nitrogens with one attached hydrogen (secondary N) is 3. The Hall–Kier alpha value is -3.01. The van der Waals surface area contributed by atoms with Crippen LogP contribution in [0.3, 0.4) is 0 Å². The lowest BCUT2D eigenvalue weighted by Gasteiger charge is -2.12. The Morgan fingerprint density at radius 3 is 2.17 bits per heavy atom. The molecule has 154 valence electrons. The van der Waals surface area contributed by atoms with Crippen LogP contribution in [0.4, 0.5) is 17.1 Å². The van der Waals surface area contributed by atoms with Gasteiger partial charge in [0.15, 0.2) is 16.6 Å². The van der Waals surface area contributed by atoms with E-state index in [1.807, 2.05) is 6.07 Å². The number of halogens is 1. The van der Waals surface area contributed by atoms with E-state index in [1.165, 1.54) is 12.1 Å². The van der Waals surface area contributed by atoms with Crippen LogP contribution in [0.1, 0.15) is 0 Å². The Kier molecular flexibility index (Phi) is 5.67. The number of hydrogen-bond acceptors (Lipinski definition) is 5. The molecule has 3 aromatic carbocycles. The maximum absolute atomic E-state index is 12.5. The highest BCUT2D eigenvalue weighted by atomic mass is 35.5. The molecule has 0 aliphatic carbocycles. The summed E-state index contributed by atoms with van der Waals surface area (Å²) in [6.45, 7) is 0.198. The van der Waals surface area contributed by atoms with Crippen molar-refractivity contribution in [2.45, 2.75) is 4.90 Å². The van der Waals surface area contributed by atoms with Crippen molar-refractivity contribution in [2.75, 3.05) is 22.1 Å². The molecule has 0 saturated carbocycles. The molecule has 0 aromatic heterocycles. The molecule has 0 bridgehead atoms. The quantitative estimate of drug-likeness (QED) is 0.475. The second kappa shape index (κ2) is 8.39. The molecule has 0 fully saturated rings. The van der Waals surface area contributed by atoms with Crippen molar-refractivity contribution < 1.29 is 17.9 Å². The maximum atomic E-state index is 12.5. The van der Waals surface area contributed by atoms with Gasteiger partial charge in [-0.05, 0) is 72.9 Å². The van der Waals surface area contributed by atoms with Gasteiger partial charge >= 0.3 is 0 Å². The number of rotatable bonds is 5. The first kappa shape index (κ1) is 20.3. The molecule has 3 N–H and O–H groups in total. The highest BCUT2D eigenvalue weighted by Crippen LogP contribution is 2.34. The van der Waals surface area contributed by atoms with Gasteiger partial charge in [0.2, 0.25) is 6.79 Å². The van der Waals surface area contributed by atoms with Crippen molar-refractivity contribution in [3.05, 3.63) is 71.8 Å². The van der Waals surface area contributed by atoms with E-state index in [1.54, 1.807) is 48.5 Å². The van der Waals surface area contributed by atoms with Crippen molar-refractivity contribution in [3.63, 3.8) is 0 Å². The number of hydrogen-bond donors (Lipinski definition) is 3. The van der Waals surface area contributed by atoms with E-state index in [9.17, 15) is 8.42 Å². The van der Waals surface area contributed by atoms with E-state index in [4.69, 9.17) is 33.3 Å². The van der Waals surface area contributed by atoms with Gasteiger partial charge in [-0.1, -0.05) is 11.6 Å². The molecule has 4 rings (SSSR count). The molecule has 0 unspecified atom stereocenters. The van der Waals surface area contributed by atoms with Crippen LogP contribution in [-0.2, 0) is 10.0 Å². The van der Waals surface area contributed by atoms with E-state index >= 15 is 0 Å². The number of thiocarbonyl (C=S) groups is 1. The third-order valence-corrected chi connectivity index (χ3v) is 6.00. The summed E-state index contributed by atoms with van der Waals surface area (Å²) in [7, 11) is -3.72. The average Bonchev–Trinajstić information content (AvgIpc) is 3.18. The van der Waals surface area contributed by atoms with E-state index in [-0.39, 0.29) is 11.7 Å². The van der Waals surface area contributed by atoms with Crippen LogP contribution in [-0.4, -0.2) is 20.3 Å². The van der Waals surface area contributed by atoms with Gasteiger partial charge in [-0.3, -0.25) is 4.72 Å². The molecule has 1 aliphatic rings. The van der Waals surface area contributed by atoms with Crippen LogP contribution in [0.25, 0.3) is 0 Å². The fraction of sp³-hybridized carbons (Fsp3) is 0.0500. The zero-order valence-electron chi connectivity index (χ0n) is 15.4. The predicted molar refractivity (Wildman–Crippen MR) is 121 cm³/mol. The third-order valence-electron chi connectivity index (χ3n) is 4.15. The zero-order valence-corrected chi connectivity index (χ0v) is 17.8. The SMILES string of the molecule is O=S(=O)(Nc1ccc(Cl)cc1)c1ccc(NC(=S)Nc2ccc3c(c2)OCO3)cc1. The van der Waals surface area contributed by atoms with Crippen molar-refractivity contribution in [2.24, 2.45) is 0 Å². The summed E-state index contributed by atoms with van der Waals surface area (Å²) in [5.41, 5.74) is 1.80. The molecule has 0 spiro atoms. The number of benzene rings is 3. The number of ether oxygens (including phenoxy) is 2. The molecule has 10 heteroatoms. The fourth-order valence-corrected chi connectivity index (χ4v) is 4.14. The smallest absolute Gasteiger partial charge is 0.261 e. The molecule has 0 radical (unpaired) electrons. The van der Waals surface area contributed by atoms with Crippen LogP contribution in [0.5, 0.6) is 11.5 Å². The minimum absolute atomic E-state index is 0.123. The topological polar surface area (TPSA) is 88.7 Å². The number of anilines is 3. The molecule has 7 nitrogen and oxygen atoms in total. The van der Waals surface area contributed by atoms with Gasteiger partial charge in [0, 0.05) is 28.2 Å². The van der Waals surface area contributed by atoms with Gasteiger partial charge < -0.3 is 20.1 Å². The summed E-state index contributed by atoms with van der Waals surface area (Å²) in [5, 5.41) is 6.93. The summed E-state index contributed by atoms with van der Waals surface area (Å²) < 4.78 is 38.2. The standard InChI is InChI=1S/C20H16ClN3O4S2/c21-13-1-3-15(4-2-13)24-30(25,26)17-8-5-14(6-9-17)22-20(29)23-16-7-10-18-19(11-16)28-12-27-18/h1-11,24H,12H2,(H2,22,23,29). The van der Waals surface area contributed by atoms with Gasteiger partial charge in [0.05, 0.1) is 4.90 Å². The van der Waals surface area contributed by atoms with Crippen molar-refractivity contribution in [3.8, 4) is 11.5 Å². The lowest BCUT2D eigenvalue weighted by molar-refractivity contribution is 0.174. The van der Waals surface area contributed by atoms with Crippen LogP contribution in [0.2, 0.25) is 5.02 Å². The first-order valence-corrected chi connectivity index (χ1v) is 11.0. The van der Waals surface area contributed by atoms with Gasteiger partial charge in [-0.15, -0.1) is 0 Å². The average molecular weight is 462 g/mol. The molecule has 3 aromatic rings. The Morgan fingerprint density at radius 1 is 0.833 bits per heavy atom. The Labute approximate surface area is 184 Å². The van der Waals surface area contributed by atoms with Crippen molar-refractivity contribution in [1.29, 1.82) is 0 Å². The highest BCUT2D eigenvalue weighted by Gasteiger charge is 2.15. The van der Waals surface area contributed by atoms with Crippen LogP contribution < -0.4 is 24.8 Å². The Balaban J connectivity index is 1.39. The Morgan fingerprint density at radius 2 is 1.43 bits per heavy atom. The first-order chi connectivity index (χ1) is 14.4. The van der Waals surface area contributed by atoms with Crippen LogP contribution >= 0.6 is 23.8 Å². The van der Waals surface area contributed by atoms with Crippen LogP contribution in [0.15, 0.2) is 71.6 Å². The van der Waals surface area contributed by atoms with Crippen molar-refractivity contribution >= 4 is 56.0 Å². The normalized spacial score (nSPS) is 12.3. The lowest BCUT2D eigenvalue weighted by Crippen LogP contribution is -2.19. The molecular weight excluding hydrogens is 446 g/mol. The fourth-order valence-electron chi connectivity index (χ4n) is 2.72. The Bertz CT molecular complexity index is 1180. The van der Waals surface area contributed by atoms with Gasteiger partial charge in [-0.25, -0.2) is 8.42 Å². The third kappa shape index (κ3) is 4.76. The zero-order chi connectivity index (χ0) is 21.1. The van der Waals surface area contributed by atoms with E-state index < -0.39 is 10.0 Å². The van der Waals surface area contributed by atoms with E-state index in [0.29, 0.717) is 33.0 Å². The monoisotopic (exact) mass is 461 g/mol. The molecule has 1 heterocycles. The van der Waals surface area contributed by atoms with E-state index in [0.717, 1.165) is 5.69 Å². The molecular formula is C20H16ClN3O4S2. The number of fused-ring (bicyclic) bond motifs is 1. The predicted octanol–water partition coefficient (Wildman–Crippen LogP) is 4.68.